The molecule has 0 bridgehead atoms. The van der Waals surface area contributed by atoms with E-state index >= 15 is 0 Å². The molecule has 1 saturated heterocycles. The zero-order valence-electron chi connectivity index (χ0n) is 13.6. The van der Waals surface area contributed by atoms with Crippen LogP contribution in [0.5, 0.6) is 0 Å². The van der Waals surface area contributed by atoms with Crippen molar-refractivity contribution in [3.63, 3.8) is 0 Å². The maximum atomic E-state index is 12.6. The monoisotopic (exact) mass is 366 g/mol. The van der Waals surface area contributed by atoms with Gasteiger partial charge in [-0.25, -0.2) is 13.1 Å². The fraction of sp³-hybridized carbons (Fsp3) is 0.333. The van der Waals surface area contributed by atoms with E-state index in [1.807, 2.05) is 49.4 Å². The normalized spacial score (nSPS) is 21.0. The van der Waals surface area contributed by atoms with Crippen LogP contribution in [0.1, 0.15) is 19.8 Å². The second-order valence-corrected chi connectivity index (χ2v) is 7.72. The molecule has 1 aliphatic heterocycles. The van der Waals surface area contributed by atoms with Crippen molar-refractivity contribution in [2.24, 2.45) is 0 Å². The van der Waals surface area contributed by atoms with E-state index in [4.69, 9.17) is 0 Å². The predicted molar refractivity (Wildman–Crippen MR) is 99.9 cm³/mol. The molecule has 2 atom stereocenters. The van der Waals surface area contributed by atoms with E-state index in [1.54, 1.807) is 12.1 Å². The molecule has 0 amide bonds. The second kappa shape index (κ2) is 8.12. The lowest BCUT2D eigenvalue weighted by Crippen LogP contribution is -2.51. The summed E-state index contributed by atoms with van der Waals surface area (Å²) in [6.07, 6.45) is 1.86. The SMILES string of the molecule is CC1NCCCC1NS(=O)(=O)c1ccc(-c2ccccc2)cc1.Cl. The summed E-state index contributed by atoms with van der Waals surface area (Å²) < 4.78 is 27.9. The fourth-order valence-electron chi connectivity index (χ4n) is 2.93. The Morgan fingerprint density at radius 2 is 1.62 bits per heavy atom. The minimum atomic E-state index is -3.48. The minimum Gasteiger partial charge on any atom is -0.313 e. The molecule has 24 heavy (non-hydrogen) atoms. The van der Waals surface area contributed by atoms with Crippen LogP contribution >= 0.6 is 12.4 Å². The third-order valence-corrected chi connectivity index (χ3v) is 5.85. The summed E-state index contributed by atoms with van der Waals surface area (Å²) in [5.74, 6) is 0. The smallest absolute Gasteiger partial charge is 0.240 e. The Morgan fingerprint density at radius 3 is 2.25 bits per heavy atom. The van der Waals surface area contributed by atoms with Gasteiger partial charge in [0.1, 0.15) is 0 Å². The van der Waals surface area contributed by atoms with Gasteiger partial charge in [0.15, 0.2) is 0 Å². The highest BCUT2D eigenvalue weighted by Crippen LogP contribution is 2.21. The highest BCUT2D eigenvalue weighted by atomic mass is 35.5. The van der Waals surface area contributed by atoms with E-state index in [0.29, 0.717) is 4.90 Å². The zero-order valence-corrected chi connectivity index (χ0v) is 15.2. The van der Waals surface area contributed by atoms with Crippen LogP contribution in [0, 0.1) is 0 Å². The number of sulfonamides is 1. The van der Waals surface area contributed by atoms with Crippen LogP contribution in [0.2, 0.25) is 0 Å². The topological polar surface area (TPSA) is 58.2 Å². The van der Waals surface area contributed by atoms with Crippen molar-refractivity contribution in [3.05, 3.63) is 54.6 Å². The summed E-state index contributed by atoms with van der Waals surface area (Å²) in [4.78, 5) is 0.315. The highest BCUT2D eigenvalue weighted by molar-refractivity contribution is 7.89. The zero-order chi connectivity index (χ0) is 16.3. The van der Waals surface area contributed by atoms with Gasteiger partial charge in [-0.05, 0) is 49.6 Å². The van der Waals surface area contributed by atoms with Crippen LogP contribution in [0.3, 0.4) is 0 Å². The van der Waals surface area contributed by atoms with Gasteiger partial charge >= 0.3 is 0 Å². The van der Waals surface area contributed by atoms with Crippen molar-refractivity contribution in [1.29, 1.82) is 0 Å². The lowest BCUT2D eigenvalue weighted by Gasteiger charge is -2.30. The van der Waals surface area contributed by atoms with Gasteiger partial charge in [-0.3, -0.25) is 0 Å². The quantitative estimate of drug-likeness (QED) is 0.873. The minimum absolute atomic E-state index is 0. The van der Waals surface area contributed by atoms with Crippen LogP contribution in [0.4, 0.5) is 0 Å². The summed E-state index contributed by atoms with van der Waals surface area (Å²) in [5.41, 5.74) is 2.09. The second-order valence-electron chi connectivity index (χ2n) is 6.00. The Bertz CT molecular complexity index is 748. The van der Waals surface area contributed by atoms with E-state index in [-0.39, 0.29) is 24.5 Å². The van der Waals surface area contributed by atoms with Crippen molar-refractivity contribution >= 4 is 22.4 Å². The van der Waals surface area contributed by atoms with E-state index in [9.17, 15) is 8.42 Å². The summed E-state index contributed by atoms with van der Waals surface area (Å²) >= 11 is 0. The lowest BCUT2D eigenvalue weighted by molar-refractivity contribution is 0.349. The maximum absolute atomic E-state index is 12.6. The summed E-state index contributed by atoms with van der Waals surface area (Å²) in [6, 6.07) is 17.1. The Kier molecular flexibility index (Phi) is 6.40. The average molecular weight is 367 g/mol. The molecule has 2 aromatic rings. The van der Waals surface area contributed by atoms with Crippen LogP contribution in [-0.4, -0.2) is 27.0 Å². The number of hydrogen-bond donors (Lipinski definition) is 2. The van der Waals surface area contributed by atoms with Gasteiger partial charge in [-0.2, -0.15) is 0 Å². The Morgan fingerprint density at radius 1 is 1.00 bits per heavy atom. The van der Waals surface area contributed by atoms with Gasteiger partial charge in [0, 0.05) is 12.1 Å². The first-order chi connectivity index (χ1) is 11.1. The molecule has 3 rings (SSSR count). The molecule has 1 heterocycles. The van der Waals surface area contributed by atoms with Gasteiger partial charge in [0.2, 0.25) is 10.0 Å². The molecule has 1 fully saturated rings. The number of nitrogens with one attached hydrogen (secondary N) is 2. The molecular weight excluding hydrogens is 344 g/mol. The van der Waals surface area contributed by atoms with Gasteiger partial charge in [0.05, 0.1) is 4.90 Å². The van der Waals surface area contributed by atoms with Gasteiger partial charge in [-0.1, -0.05) is 42.5 Å². The molecule has 0 aliphatic carbocycles. The first kappa shape index (κ1) is 18.9. The molecule has 1 aliphatic rings. The van der Waals surface area contributed by atoms with Crippen molar-refractivity contribution in [2.75, 3.05) is 6.54 Å². The standard InChI is InChI=1S/C18H22N2O2S.ClH/c1-14-18(8-5-13-19-14)20-23(21,22)17-11-9-16(10-12-17)15-6-3-2-4-7-15;/h2-4,6-7,9-12,14,18-20H,5,8,13H2,1H3;1H. The molecular formula is C18H23ClN2O2S. The molecule has 2 N–H and O–H groups in total. The largest absolute Gasteiger partial charge is 0.313 e. The summed E-state index contributed by atoms with van der Waals surface area (Å²) in [6.45, 7) is 2.97. The van der Waals surface area contributed by atoms with Crippen LogP contribution < -0.4 is 10.0 Å². The van der Waals surface area contributed by atoms with Crippen molar-refractivity contribution in [1.82, 2.24) is 10.0 Å². The Labute approximate surface area is 150 Å². The number of benzene rings is 2. The molecule has 0 radical (unpaired) electrons. The number of rotatable bonds is 4. The van der Waals surface area contributed by atoms with Gasteiger partial charge in [-0.15, -0.1) is 12.4 Å². The number of piperidine rings is 1. The van der Waals surface area contributed by atoms with E-state index < -0.39 is 10.0 Å². The van der Waals surface area contributed by atoms with E-state index in [1.165, 1.54) is 0 Å². The van der Waals surface area contributed by atoms with Crippen molar-refractivity contribution in [2.45, 2.75) is 36.7 Å². The molecule has 2 aromatic carbocycles. The van der Waals surface area contributed by atoms with E-state index in [2.05, 4.69) is 10.0 Å². The molecule has 0 aromatic heterocycles. The third-order valence-electron chi connectivity index (χ3n) is 4.34. The van der Waals surface area contributed by atoms with Gasteiger partial charge < -0.3 is 5.32 Å². The lowest BCUT2D eigenvalue weighted by atomic mass is 10.0. The number of halogens is 1. The van der Waals surface area contributed by atoms with Crippen molar-refractivity contribution in [3.8, 4) is 11.1 Å². The predicted octanol–water partition coefficient (Wildman–Crippen LogP) is 3.19. The Hall–Kier alpha value is -1.40. The number of hydrogen-bond acceptors (Lipinski definition) is 3. The first-order valence-electron chi connectivity index (χ1n) is 7.97. The molecule has 2 unspecified atom stereocenters. The average Bonchev–Trinajstić information content (AvgIpc) is 2.58. The highest BCUT2D eigenvalue weighted by Gasteiger charge is 2.26. The van der Waals surface area contributed by atoms with E-state index in [0.717, 1.165) is 30.5 Å². The Balaban J connectivity index is 0.00000208. The maximum Gasteiger partial charge on any atom is 0.240 e. The summed E-state index contributed by atoms with van der Waals surface area (Å²) in [5, 5.41) is 3.31. The molecule has 4 nitrogen and oxygen atoms in total. The first-order valence-corrected chi connectivity index (χ1v) is 9.46. The molecule has 6 heteroatoms. The molecule has 0 saturated carbocycles. The van der Waals surface area contributed by atoms with Crippen molar-refractivity contribution < 1.29 is 8.42 Å². The third kappa shape index (κ3) is 4.36. The van der Waals surface area contributed by atoms with Gasteiger partial charge in [0.25, 0.3) is 0 Å². The van der Waals surface area contributed by atoms with Crippen LogP contribution in [0.25, 0.3) is 11.1 Å². The van der Waals surface area contributed by atoms with Crippen LogP contribution in [0.15, 0.2) is 59.5 Å². The molecule has 130 valence electrons. The van der Waals surface area contributed by atoms with Crippen LogP contribution in [-0.2, 0) is 10.0 Å². The fourth-order valence-corrected chi connectivity index (χ4v) is 4.28. The molecule has 0 spiro atoms. The summed E-state index contributed by atoms with van der Waals surface area (Å²) in [7, 11) is -3.48.